The highest BCUT2D eigenvalue weighted by Crippen LogP contribution is 2.19. The highest BCUT2D eigenvalue weighted by molar-refractivity contribution is 5.88. The Morgan fingerprint density at radius 1 is 1.47 bits per heavy atom. The SMILES string of the molecule is C#CC(C)Oc1cc(C(=O)O)cc(C(C)C)n1. The van der Waals surface area contributed by atoms with Crippen LogP contribution >= 0.6 is 0 Å². The van der Waals surface area contributed by atoms with Gasteiger partial charge in [0.05, 0.1) is 5.56 Å². The van der Waals surface area contributed by atoms with Crippen LogP contribution in [0.15, 0.2) is 12.1 Å². The average Bonchev–Trinajstić information content (AvgIpc) is 2.28. The second kappa shape index (κ2) is 5.35. The zero-order valence-electron chi connectivity index (χ0n) is 10.1. The molecular weight excluding hydrogens is 218 g/mol. The molecule has 1 heterocycles. The number of carbonyl (C=O) groups is 1. The van der Waals surface area contributed by atoms with Gasteiger partial charge in [-0.25, -0.2) is 9.78 Å². The van der Waals surface area contributed by atoms with Crippen molar-refractivity contribution in [2.45, 2.75) is 32.8 Å². The van der Waals surface area contributed by atoms with Crippen molar-refractivity contribution >= 4 is 5.97 Å². The van der Waals surface area contributed by atoms with Crippen LogP contribution in [-0.4, -0.2) is 22.2 Å². The Kier molecular flexibility index (Phi) is 4.11. The Balaban J connectivity index is 3.13. The van der Waals surface area contributed by atoms with Crippen LogP contribution in [0.3, 0.4) is 0 Å². The summed E-state index contributed by atoms with van der Waals surface area (Å²) in [6, 6.07) is 2.92. The molecule has 4 heteroatoms. The molecule has 0 bridgehead atoms. The van der Waals surface area contributed by atoms with Gasteiger partial charge in [-0.2, -0.15) is 0 Å². The lowest BCUT2D eigenvalue weighted by molar-refractivity contribution is 0.0695. The fraction of sp³-hybridized carbons (Fsp3) is 0.385. The zero-order valence-corrected chi connectivity index (χ0v) is 10.1. The molecule has 0 aliphatic rings. The Hall–Kier alpha value is -2.02. The summed E-state index contributed by atoms with van der Waals surface area (Å²) in [4.78, 5) is 15.2. The van der Waals surface area contributed by atoms with Gasteiger partial charge < -0.3 is 9.84 Å². The van der Waals surface area contributed by atoms with Gasteiger partial charge in [0.15, 0.2) is 6.10 Å². The van der Waals surface area contributed by atoms with Crippen LogP contribution in [0, 0.1) is 12.3 Å². The fourth-order valence-corrected chi connectivity index (χ4v) is 1.22. The predicted molar refractivity (Wildman–Crippen MR) is 64.2 cm³/mol. The van der Waals surface area contributed by atoms with E-state index in [9.17, 15) is 4.79 Å². The molecule has 0 saturated carbocycles. The van der Waals surface area contributed by atoms with Crippen molar-refractivity contribution < 1.29 is 14.6 Å². The lowest BCUT2D eigenvalue weighted by Crippen LogP contribution is -2.11. The highest BCUT2D eigenvalue weighted by Gasteiger charge is 2.12. The van der Waals surface area contributed by atoms with Gasteiger partial charge in [-0.05, 0) is 18.9 Å². The van der Waals surface area contributed by atoms with E-state index in [4.69, 9.17) is 16.3 Å². The number of ether oxygens (including phenoxy) is 1. The predicted octanol–water partition coefficient (Wildman–Crippen LogP) is 2.30. The van der Waals surface area contributed by atoms with Crippen LogP contribution in [0.4, 0.5) is 0 Å². The van der Waals surface area contributed by atoms with Crippen molar-refractivity contribution in [3.63, 3.8) is 0 Å². The average molecular weight is 233 g/mol. The summed E-state index contributed by atoms with van der Waals surface area (Å²) in [5.41, 5.74) is 0.826. The summed E-state index contributed by atoms with van der Waals surface area (Å²) >= 11 is 0. The molecule has 90 valence electrons. The number of carboxylic acid groups (broad SMARTS) is 1. The first-order valence-electron chi connectivity index (χ1n) is 5.32. The van der Waals surface area contributed by atoms with Crippen LogP contribution in [0.2, 0.25) is 0 Å². The first kappa shape index (κ1) is 13.0. The molecule has 0 radical (unpaired) electrons. The topological polar surface area (TPSA) is 59.4 Å². The van der Waals surface area contributed by atoms with E-state index in [1.165, 1.54) is 6.07 Å². The molecule has 1 unspecified atom stereocenters. The van der Waals surface area contributed by atoms with Crippen LogP contribution in [0.1, 0.15) is 42.7 Å². The van der Waals surface area contributed by atoms with Gasteiger partial charge >= 0.3 is 5.97 Å². The number of hydrogen-bond acceptors (Lipinski definition) is 3. The lowest BCUT2D eigenvalue weighted by atomic mass is 10.1. The lowest BCUT2D eigenvalue weighted by Gasteiger charge is -2.12. The second-order valence-electron chi connectivity index (χ2n) is 4.01. The summed E-state index contributed by atoms with van der Waals surface area (Å²) in [5.74, 6) is 1.77. The molecule has 0 fully saturated rings. The van der Waals surface area contributed by atoms with Crippen LogP contribution in [0.25, 0.3) is 0 Å². The first-order valence-corrected chi connectivity index (χ1v) is 5.32. The van der Waals surface area contributed by atoms with Crippen LogP contribution < -0.4 is 4.74 Å². The van der Waals surface area contributed by atoms with Gasteiger partial charge in [0.1, 0.15) is 0 Å². The highest BCUT2D eigenvalue weighted by atomic mass is 16.5. The Labute approximate surface area is 101 Å². The van der Waals surface area contributed by atoms with E-state index in [1.807, 2.05) is 13.8 Å². The van der Waals surface area contributed by atoms with Gasteiger partial charge in [-0.15, -0.1) is 6.42 Å². The van der Waals surface area contributed by atoms with Gasteiger partial charge in [0.2, 0.25) is 5.88 Å². The number of terminal acetylenes is 1. The van der Waals surface area contributed by atoms with E-state index < -0.39 is 12.1 Å². The molecule has 1 aromatic heterocycles. The Morgan fingerprint density at radius 2 is 2.12 bits per heavy atom. The van der Waals surface area contributed by atoms with E-state index in [1.54, 1.807) is 13.0 Å². The van der Waals surface area contributed by atoms with E-state index in [-0.39, 0.29) is 17.4 Å². The minimum absolute atomic E-state index is 0.123. The Bertz CT molecular complexity index is 460. The minimum atomic E-state index is -1.01. The molecule has 0 saturated heterocycles. The summed E-state index contributed by atoms with van der Waals surface area (Å²) in [6.07, 6.45) is 4.76. The quantitative estimate of drug-likeness (QED) is 0.811. The van der Waals surface area contributed by atoms with E-state index in [0.29, 0.717) is 5.69 Å². The molecule has 17 heavy (non-hydrogen) atoms. The van der Waals surface area contributed by atoms with Crippen molar-refractivity contribution in [3.8, 4) is 18.2 Å². The number of carboxylic acids is 1. The number of hydrogen-bond donors (Lipinski definition) is 1. The second-order valence-corrected chi connectivity index (χ2v) is 4.01. The maximum Gasteiger partial charge on any atom is 0.335 e. The van der Waals surface area contributed by atoms with Crippen LogP contribution in [-0.2, 0) is 0 Å². The van der Waals surface area contributed by atoms with E-state index in [2.05, 4.69) is 10.9 Å². The third-order valence-electron chi connectivity index (χ3n) is 2.19. The molecule has 1 atom stereocenters. The molecule has 4 nitrogen and oxygen atoms in total. The summed E-state index contributed by atoms with van der Waals surface area (Å²) in [6.45, 7) is 5.56. The third kappa shape index (κ3) is 3.49. The molecule has 0 spiro atoms. The molecule has 0 amide bonds. The van der Waals surface area contributed by atoms with E-state index in [0.717, 1.165) is 0 Å². The van der Waals surface area contributed by atoms with Crippen molar-refractivity contribution in [2.24, 2.45) is 0 Å². The maximum absolute atomic E-state index is 11.0. The number of aromatic carboxylic acids is 1. The molecule has 0 aromatic carbocycles. The molecular formula is C13H15NO3. The zero-order chi connectivity index (χ0) is 13.0. The number of nitrogens with zero attached hydrogens (tertiary/aromatic N) is 1. The monoisotopic (exact) mass is 233 g/mol. The normalized spacial score (nSPS) is 11.9. The number of aromatic nitrogens is 1. The largest absolute Gasteiger partial charge is 0.478 e. The van der Waals surface area contributed by atoms with E-state index >= 15 is 0 Å². The maximum atomic E-state index is 11.0. The number of rotatable bonds is 4. The van der Waals surface area contributed by atoms with Crippen LogP contribution in [0.5, 0.6) is 5.88 Å². The van der Waals surface area contributed by atoms with Crippen molar-refractivity contribution in [3.05, 3.63) is 23.4 Å². The summed E-state index contributed by atoms with van der Waals surface area (Å²) < 4.78 is 5.33. The molecule has 1 N–H and O–H groups in total. The minimum Gasteiger partial charge on any atom is -0.478 e. The van der Waals surface area contributed by atoms with Gasteiger partial charge in [-0.3, -0.25) is 0 Å². The molecule has 1 aromatic rings. The van der Waals surface area contributed by atoms with Gasteiger partial charge in [-0.1, -0.05) is 19.8 Å². The molecule has 1 rings (SSSR count). The summed E-state index contributed by atoms with van der Waals surface area (Å²) in [7, 11) is 0. The molecule has 0 aliphatic heterocycles. The molecule has 0 aliphatic carbocycles. The van der Waals surface area contributed by atoms with Crippen molar-refractivity contribution in [1.29, 1.82) is 0 Å². The Morgan fingerprint density at radius 3 is 2.59 bits per heavy atom. The standard InChI is InChI=1S/C13H15NO3/c1-5-9(4)17-12-7-10(13(15)16)6-11(14-12)8(2)3/h1,6-9H,2-4H3,(H,15,16). The third-order valence-corrected chi connectivity index (χ3v) is 2.19. The van der Waals surface area contributed by atoms with Gasteiger partial charge in [0.25, 0.3) is 0 Å². The smallest absolute Gasteiger partial charge is 0.335 e. The fourth-order valence-electron chi connectivity index (χ4n) is 1.22. The first-order chi connectivity index (χ1) is 7.93. The van der Waals surface area contributed by atoms with Gasteiger partial charge in [0, 0.05) is 11.8 Å². The van der Waals surface area contributed by atoms with Crippen molar-refractivity contribution in [1.82, 2.24) is 4.98 Å². The number of pyridine rings is 1. The summed E-state index contributed by atoms with van der Waals surface area (Å²) in [5, 5.41) is 8.98. The van der Waals surface area contributed by atoms with Crippen molar-refractivity contribution in [2.75, 3.05) is 0 Å².